The van der Waals surface area contributed by atoms with Crippen LogP contribution in [-0.2, 0) is 16.1 Å². The minimum Gasteiger partial charge on any atom is -0.462 e. The van der Waals surface area contributed by atoms with E-state index in [1.165, 1.54) is 0 Å². The van der Waals surface area contributed by atoms with Gasteiger partial charge in [0.25, 0.3) is 0 Å². The summed E-state index contributed by atoms with van der Waals surface area (Å²) in [4.78, 5) is 15.6. The van der Waals surface area contributed by atoms with E-state index in [2.05, 4.69) is 15.6 Å². The molecule has 6 nitrogen and oxygen atoms in total. The molecule has 2 N–H and O–H groups in total. The highest BCUT2D eigenvalue weighted by molar-refractivity contribution is 6.29. The lowest BCUT2D eigenvalue weighted by molar-refractivity contribution is -0.138. The average Bonchev–Trinajstić information content (AvgIpc) is 2.45. The van der Waals surface area contributed by atoms with Crippen molar-refractivity contribution in [2.75, 3.05) is 13.7 Å². The van der Waals surface area contributed by atoms with Gasteiger partial charge in [-0.25, -0.2) is 9.78 Å². The maximum absolute atomic E-state index is 11.6. The third-order valence-corrected chi connectivity index (χ3v) is 2.57. The topological polar surface area (TPSA) is 87.0 Å². The highest BCUT2D eigenvalue weighted by atomic mass is 35.5. The molecule has 1 rings (SSSR count). The number of halogens is 1. The summed E-state index contributed by atoms with van der Waals surface area (Å²) >= 11 is 5.69. The molecular weight excluding hydrogens is 280 g/mol. The zero-order valence-electron chi connectivity index (χ0n) is 11.2. The Morgan fingerprint density at radius 2 is 2.30 bits per heavy atom. The van der Waals surface area contributed by atoms with Crippen LogP contribution in [0.5, 0.6) is 0 Å². The van der Waals surface area contributed by atoms with E-state index in [9.17, 15) is 4.79 Å². The van der Waals surface area contributed by atoms with Gasteiger partial charge in [0.15, 0.2) is 5.57 Å². The molecule has 0 saturated heterocycles. The quantitative estimate of drug-likeness (QED) is 0.356. The molecule has 1 aromatic heterocycles. The molecule has 20 heavy (non-hydrogen) atoms. The van der Waals surface area contributed by atoms with Crippen molar-refractivity contribution < 1.29 is 9.53 Å². The predicted octanol–water partition coefficient (Wildman–Crippen LogP) is 1.34. The Bertz CT molecular complexity index is 534. The van der Waals surface area contributed by atoms with Crippen molar-refractivity contribution in [3.8, 4) is 6.07 Å². The van der Waals surface area contributed by atoms with Gasteiger partial charge < -0.3 is 15.4 Å². The summed E-state index contributed by atoms with van der Waals surface area (Å²) in [5, 5.41) is 15.2. The lowest BCUT2D eigenvalue weighted by atomic mass is 10.2. The van der Waals surface area contributed by atoms with E-state index in [4.69, 9.17) is 21.6 Å². The van der Waals surface area contributed by atoms with Gasteiger partial charge in [-0.2, -0.15) is 5.26 Å². The van der Waals surface area contributed by atoms with Crippen molar-refractivity contribution in [2.45, 2.75) is 13.5 Å². The minimum atomic E-state index is -0.666. The van der Waals surface area contributed by atoms with Crippen molar-refractivity contribution >= 4 is 17.6 Å². The van der Waals surface area contributed by atoms with E-state index in [1.807, 2.05) is 6.07 Å². The first-order chi connectivity index (χ1) is 9.62. The molecule has 0 aliphatic heterocycles. The van der Waals surface area contributed by atoms with E-state index in [0.717, 1.165) is 5.56 Å². The maximum Gasteiger partial charge on any atom is 0.352 e. The number of rotatable bonds is 6. The fourth-order valence-corrected chi connectivity index (χ4v) is 1.52. The van der Waals surface area contributed by atoms with E-state index < -0.39 is 5.97 Å². The van der Waals surface area contributed by atoms with Crippen molar-refractivity contribution in [3.63, 3.8) is 0 Å². The van der Waals surface area contributed by atoms with Crippen LogP contribution in [0, 0.1) is 11.3 Å². The summed E-state index contributed by atoms with van der Waals surface area (Å²) in [6.07, 6.45) is 1.61. The van der Waals surface area contributed by atoms with Gasteiger partial charge in [0.05, 0.1) is 6.61 Å². The highest BCUT2D eigenvalue weighted by Crippen LogP contribution is 2.06. The Labute approximate surface area is 122 Å². The lowest BCUT2D eigenvalue weighted by Gasteiger charge is -2.12. The van der Waals surface area contributed by atoms with Crippen molar-refractivity contribution in [1.29, 1.82) is 5.26 Å². The fourth-order valence-electron chi connectivity index (χ4n) is 1.41. The molecule has 0 aliphatic rings. The van der Waals surface area contributed by atoms with Gasteiger partial charge in [0.1, 0.15) is 17.0 Å². The second kappa shape index (κ2) is 8.02. The summed E-state index contributed by atoms with van der Waals surface area (Å²) < 4.78 is 4.82. The van der Waals surface area contributed by atoms with Crippen molar-refractivity contribution in [2.24, 2.45) is 0 Å². The Hall–Kier alpha value is -2.26. The van der Waals surface area contributed by atoms with Crippen LogP contribution in [0.25, 0.3) is 0 Å². The number of nitrogens with zero attached hydrogens (tertiary/aromatic N) is 2. The van der Waals surface area contributed by atoms with Crippen molar-refractivity contribution in [3.05, 3.63) is 40.4 Å². The number of hydrogen-bond acceptors (Lipinski definition) is 6. The lowest BCUT2D eigenvalue weighted by Crippen LogP contribution is -2.27. The molecular formula is C13H15ClN4O2. The molecule has 0 amide bonds. The SMILES string of the molecule is CCOC(=O)/C(C#N)=C(\NC)NCc1ccc(Cl)nc1. The smallest absolute Gasteiger partial charge is 0.352 e. The molecule has 0 radical (unpaired) electrons. The number of carbonyl (C=O) groups excluding carboxylic acids is 1. The first kappa shape index (κ1) is 15.8. The zero-order valence-corrected chi connectivity index (χ0v) is 12.0. The molecule has 0 unspecified atom stereocenters. The molecule has 0 saturated carbocycles. The van der Waals surface area contributed by atoms with E-state index in [1.54, 1.807) is 32.3 Å². The number of ether oxygens (including phenoxy) is 1. The molecule has 0 aromatic carbocycles. The van der Waals surface area contributed by atoms with E-state index in [-0.39, 0.29) is 12.2 Å². The van der Waals surface area contributed by atoms with Crippen LogP contribution in [0.15, 0.2) is 29.7 Å². The third kappa shape index (κ3) is 4.44. The molecule has 106 valence electrons. The predicted molar refractivity (Wildman–Crippen MR) is 74.4 cm³/mol. The summed E-state index contributed by atoms with van der Waals surface area (Å²) in [6, 6.07) is 5.29. The normalized spacial score (nSPS) is 11.1. The zero-order chi connectivity index (χ0) is 15.0. The number of hydrogen-bond donors (Lipinski definition) is 2. The first-order valence-corrected chi connectivity index (χ1v) is 6.33. The maximum atomic E-state index is 11.6. The molecule has 7 heteroatoms. The number of aromatic nitrogens is 1. The molecule has 1 aromatic rings. The van der Waals surface area contributed by atoms with E-state index >= 15 is 0 Å². The molecule has 0 fully saturated rings. The monoisotopic (exact) mass is 294 g/mol. The van der Waals surface area contributed by atoms with Gasteiger partial charge in [-0.05, 0) is 18.6 Å². The number of pyridine rings is 1. The van der Waals surface area contributed by atoms with Crippen LogP contribution in [0.2, 0.25) is 5.15 Å². The van der Waals surface area contributed by atoms with Crippen LogP contribution >= 0.6 is 11.6 Å². The van der Waals surface area contributed by atoms with Gasteiger partial charge in [-0.15, -0.1) is 0 Å². The molecule has 1 heterocycles. The molecule has 0 bridgehead atoms. The number of nitrogens with one attached hydrogen (secondary N) is 2. The van der Waals surface area contributed by atoms with Crippen molar-refractivity contribution in [1.82, 2.24) is 15.6 Å². The fraction of sp³-hybridized carbons (Fsp3) is 0.308. The van der Waals surface area contributed by atoms with Crippen LogP contribution in [-0.4, -0.2) is 24.6 Å². The number of carbonyl (C=O) groups is 1. The van der Waals surface area contributed by atoms with E-state index in [0.29, 0.717) is 17.5 Å². The van der Waals surface area contributed by atoms with Gasteiger partial charge in [0.2, 0.25) is 0 Å². The van der Waals surface area contributed by atoms with Crippen LogP contribution < -0.4 is 10.6 Å². The van der Waals surface area contributed by atoms with Gasteiger partial charge in [0, 0.05) is 19.8 Å². The molecule has 0 spiro atoms. The van der Waals surface area contributed by atoms with Crippen LogP contribution in [0.1, 0.15) is 12.5 Å². The minimum absolute atomic E-state index is 0.101. The third-order valence-electron chi connectivity index (χ3n) is 2.35. The van der Waals surface area contributed by atoms with Gasteiger partial charge in [-0.1, -0.05) is 17.7 Å². The Morgan fingerprint density at radius 1 is 1.55 bits per heavy atom. The summed E-state index contributed by atoms with van der Waals surface area (Å²) in [5.41, 5.74) is 0.763. The Kier molecular flexibility index (Phi) is 6.33. The number of esters is 1. The molecule has 0 atom stereocenters. The second-order valence-electron chi connectivity index (χ2n) is 3.67. The van der Waals surface area contributed by atoms with Crippen LogP contribution in [0.3, 0.4) is 0 Å². The summed E-state index contributed by atoms with van der Waals surface area (Å²) in [6.45, 7) is 2.28. The van der Waals surface area contributed by atoms with Gasteiger partial charge >= 0.3 is 5.97 Å². The second-order valence-corrected chi connectivity index (χ2v) is 4.06. The summed E-state index contributed by atoms with van der Waals surface area (Å²) in [5.74, 6) is -0.359. The Morgan fingerprint density at radius 3 is 2.80 bits per heavy atom. The number of nitriles is 1. The Balaban J connectivity index is 2.81. The first-order valence-electron chi connectivity index (χ1n) is 5.95. The molecule has 0 aliphatic carbocycles. The standard InChI is InChI=1S/C13H15ClN4O2/c1-3-20-13(19)10(6-15)12(16-2)18-8-9-4-5-11(14)17-7-9/h4-5,7,16,18H,3,8H2,1-2H3/b12-10+. The average molecular weight is 295 g/mol. The highest BCUT2D eigenvalue weighted by Gasteiger charge is 2.15. The van der Waals surface area contributed by atoms with Gasteiger partial charge in [-0.3, -0.25) is 0 Å². The largest absolute Gasteiger partial charge is 0.462 e. The summed E-state index contributed by atoms with van der Waals surface area (Å²) in [7, 11) is 1.61. The van der Waals surface area contributed by atoms with Crippen LogP contribution in [0.4, 0.5) is 0 Å².